The van der Waals surface area contributed by atoms with Crippen LogP contribution in [-0.4, -0.2) is 75.2 Å². The standard InChI is InChI=1S/C24H31N3O3/c1-29-21-9-5-7-19(17-21)24(28)27-12-6-8-20(18-27)25-13-15-26(16-14-25)22-10-3-4-11-23(22)30-2/h3-5,7,9-11,17,20H,6,8,12-16,18H2,1-2H3/t20-/m1/s1. The summed E-state index contributed by atoms with van der Waals surface area (Å²) in [4.78, 5) is 20.0. The van der Waals surface area contributed by atoms with E-state index >= 15 is 0 Å². The molecule has 2 aliphatic rings. The molecule has 0 spiro atoms. The molecule has 0 bridgehead atoms. The summed E-state index contributed by atoms with van der Waals surface area (Å²) < 4.78 is 10.8. The van der Waals surface area contributed by atoms with Crippen molar-refractivity contribution in [2.75, 3.05) is 58.4 Å². The van der Waals surface area contributed by atoms with E-state index in [1.54, 1.807) is 14.2 Å². The van der Waals surface area contributed by atoms with Gasteiger partial charge in [-0.25, -0.2) is 0 Å². The SMILES string of the molecule is COc1cccc(C(=O)N2CCC[C@@H](N3CCN(c4ccccc4OC)CC3)C2)c1. The van der Waals surface area contributed by atoms with Gasteiger partial charge in [0.25, 0.3) is 5.91 Å². The van der Waals surface area contributed by atoms with Crippen molar-refractivity contribution in [1.82, 2.24) is 9.80 Å². The first-order valence-electron chi connectivity index (χ1n) is 10.7. The number of piperazine rings is 1. The van der Waals surface area contributed by atoms with Gasteiger partial charge in [0.05, 0.1) is 19.9 Å². The van der Waals surface area contributed by atoms with Crippen molar-refractivity contribution < 1.29 is 14.3 Å². The molecule has 2 aliphatic heterocycles. The lowest BCUT2D eigenvalue weighted by molar-refractivity contribution is 0.0563. The van der Waals surface area contributed by atoms with Gasteiger partial charge in [-0.05, 0) is 43.2 Å². The molecule has 6 nitrogen and oxygen atoms in total. The molecule has 30 heavy (non-hydrogen) atoms. The van der Waals surface area contributed by atoms with E-state index in [0.717, 1.165) is 69.3 Å². The Balaban J connectivity index is 1.37. The molecule has 0 unspecified atom stereocenters. The Morgan fingerprint density at radius 3 is 2.50 bits per heavy atom. The van der Waals surface area contributed by atoms with Gasteiger partial charge in [0.2, 0.25) is 0 Å². The van der Waals surface area contributed by atoms with E-state index in [1.807, 2.05) is 41.3 Å². The van der Waals surface area contributed by atoms with E-state index < -0.39 is 0 Å². The van der Waals surface area contributed by atoms with Gasteiger partial charge in [0.15, 0.2) is 0 Å². The largest absolute Gasteiger partial charge is 0.497 e. The van der Waals surface area contributed by atoms with Crippen molar-refractivity contribution in [2.24, 2.45) is 0 Å². The number of anilines is 1. The first kappa shape index (κ1) is 20.5. The molecule has 1 amide bonds. The normalized spacial score (nSPS) is 20.1. The van der Waals surface area contributed by atoms with Crippen LogP contribution < -0.4 is 14.4 Å². The maximum atomic E-state index is 13.0. The molecule has 1 atom stereocenters. The smallest absolute Gasteiger partial charge is 0.254 e. The first-order chi connectivity index (χ1) is 14.7. The Morgan fingerprint density at radius 1 is 0.933 bits per heavy atom. The Kier molecular flexibility index (Phi) is 6.43. The fourth-order valence-corrected chi connectivity index (χ4v) is 4.59. The van der Waals surface area contributed by atoms with Crippen LogP contribution in [0.4, 0.5) is 5.69 Å². The maximum absolute atomic E-state index is 13.0. The summed E-state index contributed by atoms with van der Waals surface area (Å²) in [6, 6.07) is 16.1. The molecule has 0 aliphatic carbocycles. The minimum atomic E-state index is 0.103. The van der Waals surface area contributed by atoms with Crippen LogP contribution in [0.3, 0.4) is 0 Å². The average Bonchev–Trinajstić information content (AvgIpc) is 2.83. The Morgan fingerprint density at radius 2 is 1.73 bits per heavy atom. The predicted octanol–water partition coefficient (Wildman–Crippen LogP) is 3.13. The van der Waals surface area contributed by atoms with Crippen molar-refractivity contribution in [1.29, 1.82) is 0 Å². The number of nitrogens with zero attached hydrogens (tertiary/aromatic N) is 3. The van der Waals surface area contributed by atoms with Crippen molar-refractivity contribution >= 4 is 11.6 Å². The van der Waals surface area contributed by atoms with Crippen molar-refractivity contribution in [3.05, 3.63) is 54.1 Å². The lowest BCUT2D eigenvalue weighted by atomic mass is 10.0. The minimum Gasteiger partial charge on any atom is -0.497 e. The van der Waals surface area contributed by atoms with E-state index in [2.05, 4.69) is 21.9 Å². The van der Waals surface area contributed by atoms with Gasteiger partial charge < -0.3 is 19.3 Å². The third-order valence-corrected chi connectivity index (χ3v) is 6.26. The zero-order valence-electron chi connectivity index (χ0n) is 17.9. The molecule has 4 rings (SSSR count). The molecule has 2 aromatic rings. The molecule has 160 valence electrons. The first-order valence-corrected chi connectivity index (χ1v) is 10.7. The number of benzene rings is 2. The summed E-state index contributed by atoms with van der Waals surface area (Å²) in [5.41, 5.74) is 1.87. The van der Waals surface area contributed by atoms with Crippen molar-refractivity contribution in [3.8, 4) is 11.5 Å². The van der Waals surface area contributed by atoms with Crippen LogP contribution in [-0.2, 0) is 0 Å². The van der Waals surface area contributed by atoms with Gasteiger partial charge >= 0.3 is 0 Å². The monoisotopic (exact) mass is 409 g/mol. The van der Waals surface area contributed by atoms with Crippen LogP contribution in [0.2, 0.25) is 0 Å². The van der Waals surface area contributed by atoms with E-state index in [4.69, 9.17) is 9.47 Å². The highest BCUT2D eigenvalue weighted by Gasteiger charge is 2.31. The van der Waals surface area contributed by atoms with Gasteiger partial charge in [-0.1, -0.05) is 18.2 Å². The molecular weight excluding hydrogens is 378 g/mol. The van der Waals surface area contributed by atoms with Gasteiger partial charge in [-0.2, -0.15) is 0 Å². The zero-order chi connectivity index (χ0) is 20.9. The molecule has 0 N–H and O–H groups in total. The van der Waals surface area contributed by atoms with E-state index in [-0.39, 0.29) is 5.91 Å². The molecule has 2 aromatic carbocycles. The molecule has 0 radical (unpaired) electrons. The van der Waals surface area contributed by atoms with E-state index in [1.165, 1.54) is 0 Å². The number of piperidine rings is 1. The number of ether oxygens (including phenoxy) is 2. The van der Waals surface area contributed by atoms with Crippen LogP contribution in [0.15, 0.2) is 48.5 Å². The number of rotatable bonds is 5. The highest BCUT2D eigenvalue weighted by molar-refractivity contribution is 5.94. The third-order valence-electron chi connectivity index (χ3n) is 6.26. The van der Waals surface area contributed by atoms with Crippen LogP contribution in [0.5, 0.6) is 11.5 Å². The number of carbonyl (C=O) groups is 1. The van der Waals surface area contributed by atoms with Gasteiger partial charge in [0.1, 0.15) is 11.5 Å². The van der Waals surface area contributed by atoms with Crippen LogP contribution in [0.25, 0.3) is 0 Å². The summed E-state index contributed by atoms with van der Waals surface area (Å²) >= 11 is 0. The van der Waals surface area contributed by atoms with Crippen molar-refractivity contribution in [3.63, 3.8) is 0 Å². The van der Waals surface area contributed by atoms with Gasteiger partial charge in [0, 0.05) is 50.9 Å². The number of hydrogen-bond acceptors (Lipinski definition) is 5. The Bertz CT molecular complexity index is 864. The summed E-state index contributed by atoms with van der Waals surface area (Å²) in [6.07, 6.45) is 2.20. The highest BCUT2D eigenvalue weighted by atomic mass is 16.5. The van der Waals surface area contributed by atoms with Gasteiger partial charge in [-0.3, -0.25) is 9.69 Å². The van der Waals surface area contributed by atoms with Crippen LogP contribution in [0, 0.1) is 0 Å². The number of likely N-dealkylation sites (tertiary alicyclic amines) is 1. The minimum absolute atomic E-state index is 0.103. The molecule has 0 aromatic heterocycles. The van der Waals surface area contributed by atoms with Gasteiger partial charge in [-0.15, -0.1) is 0 Å². The summed E-state index contributed by atoms with van der Waals surface area (Å²) in [6.45, 7) is 5.58. The third kappa shape index (κ3) is 4.38. The van der Waals surface area contributed by atoms with Crippen LogP contribution in [0.1, 0.15) is 23.2 Å². The molecular formula is C24H31N3O3. The number of hydrogen-bond donors (Lipinski definition) is 0. The van der Waals surface area contributed by atoms with E-state index in [0.29, 0.717) is 11.6 Å². The zero-order valence-corrected chi connectivity index (χ0v) is 17.9. The quantitative estimate of drug-likeness (QED) is 0.759. The number of amides is 1. The maximum Gasteiger partial charge on any atom is 0.254 e. The number of methoxy groups -OCH3 is 2. The Hall–Kier alpha value is -2.73. The molecule has 2 fully saturated rings. The molecule has 2 heterocycles. The second-order valence-corrected chi connectivity index (χ2v) is 7.97. The fourth-order valence-electron chi connectivity index (χ4n) is 4.59. The average molecular weight is 410 g/mol. The molecule has 0 saturated carbocycles. The van der Waals surface area contributed by atoms with E-state index in [9.17, 15) is 4.79 Å². The topological polar surface area (TPSA) is 45.2 Å². The lowest BCUT2D eigenvalue weighted by Crippen LogP contribution is -2.55. The summed E-state index contributed by atoms with van der Waals surface area (Å²) in [5.74, 6) is 1.76. The Labute approximate surface area is 179 Å². The fraction of sp³-hybridized carbons (Fsp3) is 0.458. The summed E-state index contributed by atoms with van der Waals surface area (Å²) in [5, 5.41) is 0. The van der Waals surface area contributed by atoms with Crippen molar-refractivity contribution in [2.45, 2.75) is 18.9 Å². The molecule has 6 heteroatoms. The second kappa shape index (κ2) is 9.39. The van der Waals surface area contributed by atoms with Crippen LogP contribution >= 0.6 is 0 Å². The predicted molar refractivity (Wildman–Crippen MR) is 119 cm³/mol. The second-order valence-electron chi connectivity index (χ2n) is 7.97. The lowest BCUT2D eigenvalue weighted by Gasteiger charge is -2.44. The summed E-state index contributed by atoms with van der Waals surface area (Å²) in [7, 11) is 3.36. The number of para-hydroxylation sites is 2. The number of carbonyl (C=O) groups excluding carboxylic acids is 1. The molecule has 2 saturated heterocycles. The highest BCUT2D eigenvalue weighted by Crippen LogP contribution is 2.29.